The maximum atomic E-state index is 12.1. The first-order valence-corrected chi connectivity index (χ1v) is 7.52. The van der Waals surface area contributed by atoms with E-state index in [2.05, 4.69) is 5.32 Å². The van der Waals surface area contributed by atoms with E-state index in [1.165, 1.54) is 0 Å². The average Bonchev–Trinajstić information content (AvgIpc) is 2.96. The number of anilines is 1. The Hall–Kier alpha value is -2.76. The van der Waals surface area contributed by atoms with E-state index in [1.54, 1.807) is 19.0 Å². The molecule has 23 heavy (non-hydrogen) atoms. The molecule has 0 saturated heterocycles. The van der Waals surface area contributed by atoms with Gasteiger partial charge in [0.05, 0.1) is 6.04 Å². The van der Waals surface area contributed by atoms with Gasteiger partial charge in [0.25, 0.3) is 5.91 Å². The molecule has 2 heterocycles. The van der Waals surface area contributed by atoms with Crippen LogP contribution in [0.3, 0.4) is 0 Å². The predicted octanol–water partition coefficient (Wildman–Crippen LogP) is 1.50. The van der Waals surface area contributed by atoms with Crippen LogP contribution in [-0.4, -0.2) is 41.9 Å². The van der Waals surface area contributed by atoms with Crippen LogP contribution in [0.5, 0.6) is 0 Å². The third-order valence-electron chi connectivity index (χ3n) is 4.10. The lowest BCUT2D eigenvalue weighted by molar-refractivity contribution is -0.129. The Morgan fingerprint density at radius 3 is 2.83 bits per heavy atom. The quantitative estimate of drug-likeness (QED) is 0.843. The van der Waals surface area contributed by atoms with E-state index < -0.39 is 0 Å². The summed E-state index contributed by atoms with van der Waals surface area (Å²) in [5.41, 5.74) is 8.97. The number of hydrogen-bond donors (Lipinski definition) is 2. The first-order valence-electron chi connectivity index (χ1n) is 7.52. The second-order valence-electron chi connectivity index (χ2n) is 6.00. The number of benzene rings is 1. The van der Waals surface area contributed by atoms with Crippen molar-refractivity contribution in [3.8, 4) is 11.1 Å². The van der Waals surface area contributed by atoms with E-state index in [0.29, 0.717) is 24.3 Å². The van der Waals surface area contributed by atoms with Gasteiger partial charge in [-0.25, -0.2) is 0 Å². The monoisotopic (exact) mass is 312 g/mol. The molecule has 6 nitrogen and oxygen atoms in total. The molecule has 1 aliphatic heterocycles. The van der Waals surface area contributed by atoms with Crippen molar-refractivity contribution < 1.29 is 9.59 Å². The first-order chi connectivity index (χ1) is 11.0. The Morgan fingerprint density at radius 1 is 1.35 bits per heavy atom. The highest BCUT2D eigenvalue weighted by Crippen LogP contribution is 2.29. The molecule has 2 amide bonds. The summed E-state index contributed by atoms with van der Waals surface area (Å²) >= 11 is 0. The number of carbonyl (C=O) groups excluding carboxylic acids is 2. The highest BCUT2D eigenvalue weighted by molar-refractivity contribution is 5.95. The number of amides is 2. The first kappa shape index (κ1) is 15.1. The van der Waals surface area contributed by atoms with Crippen molar-refractivity contribution in [2.24, 2.45) is 0 Å². The number of fused-ring (bicyclic) bond motifs is 1. The van der Waals surface area contributed by atoms with Crippen LogP contribution in [0.2, 0.25) is 0 Å². The molecule has 1 aliphatic rings. The number of nitrogens with one attached hydrogen (secondary N) is 1. The van der Waals surface area contributed by atoms with Crippen molar-refractivity contribution in [3.63, 3.8) is 0 Å². The molecular weight excluding hydrogens is 292 g/mol. The summed E-state index contributed by atoms with van der Waals surface area (Å²) in [5, 5.41) is 2.85. The average molecular weight is 312 g/mol. The van der Waals surface area contributed by atoms with Crippen molar-refractivity contribution in [1.29, 1.82) is 0 Å². The Bertz CT molecular complexity index is 764. The molecule has 3 N–H and O–H groups in total. The summed E-state index contributed by atoms with van der Waals surface area (Å²) in [5.74, 6) is -0.0787. The minimum absolute atomic E-state index is 0.0382. The van der Waals surface area contributed by atoms with Crippen LogP contribution in [0.25, 0.3) is 11.1 Å². The smallest absolute Gasteiger partial charge is 0.268 e. The third kappa shape index (κ3) is 2.92. The number of nitrogens with zero attached hydrogens (tertiary/aromatic N) is 2. The van der Waals surface area contributed by atoms with Gasteiger partial charge in [0.1, 0.15) is 5.69 Å². The summed E-state index contributed by atoms with van der Waals surface area (Å²) in [7, 11) is 3.47. The number of carbonyl (C=O) groups is 2. The van der Waals surface area contributed by atoms with Crippen molar-refractivity contribution in [2.45, 2.75) is 12.5 Å². The molecule has 0 aliphatic carbocycles. The zero-order valence-electron chi connectivity index (χ0n) is 13.2. The van der Waals surface area contributed by atoms with Crippen LogP contribution in [-0.2, 0) is 4.79 Å². The lowest BCUT2D eigenvalue weighted by Gasteiger charge is -2.27. The van der Waals surface area contributed by atoms with Crippen LogP contribution in [0.1, 0.15) is 23.0 Å². The summed E-state index contributed by atoms with van der Waals surface area (Å²) in [6.45, 7) is 0.455. The van der Waals surface area contributed by atoms with Gasteiger partial charge in [-0.05, 0) is 23.8 Å². The van der Waals surface area contributed by atoms with Crippen molar-refractivity contribution >= 4 is 17.5 Å². The summed E-state index contributed by atoms with van der Waals surface area (Å²) in [4.78, 5) is 25.7. The maximum Gasteiger partial charge on any atom is 0.268 e. The van der Waals surface area contributed by atoms with Gasteiger partial charge >= 0.3 is 0 Å². The molecular formula is C17H20N4O2. The second kappa shape index (κ2) is 5.79. The highest BCUT2D eigenvalue weighted by Gasteiger charge is 2.27. The Labute approximate surface area is 134 Å². The predicted molar refractivity (Wildman–Crippen MR) is 89.0 cm³/mol. The molecule has 1 aromatic heterocycles. The topological polar surface area (TPSA) is 80.4 Å². The molecule has 0 saturated carbocycles. The molecule has 0 bridgehead atoms. The number of hydrogen-bond acceptors (Lipinski definition) is 3. The largest absolute Gasteiger partial charge is 0.399 e. The van der Waals surface area contributed by atoms with E-state index in [-0.39, 0.29) is 17.9 Å². The van der Waals surface area contributed by atoms with Crippen molar-refractivity contribution in [3.05, 3.63) is 42.2 Å². The van der Waals surface area contributed by atoms with E-state index in [9.17, 15) is 9.59 Å². The van der Waals surface area contributed by atoms with E-state index in [4.69, 9.17) is 5.73 Å². The van der Waals surface area contributed by atoms with Crippen LogP contribution in [0.15, 0.2) is 36.5 Å². The van der Waals surface area contributed by atoms with Gasteiger partial charge in [0.15, 0.2) is 0 Å². The Balaban J connectivity index is 1.96. The van der Waals surface area contributed by atoms with Gasteiger partial charge < -0.3 is 20.5 Å². The van der Waals surface area contributed by atoms with Gasteiger partial charge in [-0.2, -0.15) is 0 Å². The molecule has 6 heteroatoms. The zero-order valence-corrected chi connectivity index (χ0v) is 13.2. The van der Waals surface area contributed by atoms with Crippen LogP contribution in [0.4, 0.5) is 5.69 Å². The fraction of sp³-hybridized carbons (Fsp3) is 0.294. The molecule has 3 rings (SSSR count). The third-order valence-corrected chi connectivity index (χ3v) is 4.10. The van der Waals surface area contributed by atoms with Crippen LogP contribution < -0.4 is 11.1 Å². The SMILES string of the molecule is CN(C)C(=O)CC1CNC(=O)c2cc(-c3cccc(N)c3)cn21. The summed E-state index contributed by atoms with van der Waals surface area (Å²) in [6.07, 6.45) is 2.28. The second-order valence-corrected chi connectivity index (χ2v) is 6.00. The van der Waals surface area contributed by atoms with Gasteiger partial charge in [0, 0.05) is 44.5 Å². The molecule has 0 spiro atoms. The lowest BCUT2D eigenvalue weighted by Crippen LogP contribution is -2.40. The Kier molecular flexibility index (Phi) is 3.82. The molecule has 1 aromatic carbocycles. The molecule has 1 atom stereocenters. The van der Waals surface area contributed by atoms with Crippen molar-refractivity contribution in [1.82, 2.24) is 14.8 Å². The summed E-state index contributed by atoms with van der Waals surface area (Å²) in [6, 6.07) is 9.30. The van der Waals surface area contributed by atoms with Crippen LogP contribution in [0, 0.1) is 0 Å². The molecule has 1 unspecified atom stereocenters. The van der Waals surface area contributed by atoms with Gasteiger partial charge in [-0.1, -0.05) is 12.1 Å². The standard InChI is InChI=1S/C17H20N4O2/c1-20(2)16(22)8-14-9-19-17(23)15-7-12(10-21(14)15)11-4-3-5-13(18)6-11/h3-7,10,14H,8-9,18H2,1-2H3,(H,19,23). The van der Waals surface area contributed by atoms with Crippen LogP contribution >= 0.6 is 0 Å². The van der Waals surface area contributed by atoms with Gasteiger partial charge in [-0.15, -0.1) is 0 Å². The van der Waals surface area contributed by atoms with E-state index >= 15 is 0 Å². The Morgan fingerprint density at radius 2 is 2.13 bits per heavy atom. The fourth-order valence-corrected chi connectivity index (χ4v) is 2.79. The molecule has 0 radical (unpaired) electrons. The molecule has 120 valence electrons. The number of nitrogen functional groups attached to an aromatic ring is 1. The summed E-state index contributed by atoms with van der Waals surface area (Å²) < 4.78 is 1.90. The van der Waals surface area contributed by atoms with E-state index in [1.807, 2.05) is 41.1 Å². The number of nitrogens with two attached hydrogens (primary N) is 1. The van der Waals surface area contributed by atoms with Crippen molar-refractivity contribution in [2.75, 3.05) is 26.4 Å². The maximum absolute atomic E-state index is 12.1. The molecule has 2 aromatic rings. The highest BCUT2D eigenvalue weighted by atomic mass is 16.2. The lowest BCUT2D eigenvalue weighted by atomic mass is 10.1. The number of rotatable bonds is 3. The number of aromatic nitrogens is 1. The van der Waals surface area contributed by atoms with Gasteiger partial charge in [-0.3, -0.25) is 9.59 Å². The normalized spacial score (nSPS) is 16.6. The van der Waals surface area contributed by atoms with Gasteiger partial charge in [0.2, 0.25) is 5.91 Å². The minimum Gasteiger partial charge on any atom is -0.399 e. The molecule has 0 fully saturated rings. The fourth-order valence-electron chi connectivity index (χ4n) is 2.79. The van der Waals surface area contributed by atoms with E-state index in [0.717, 1.165) is 11.1 Å². The minimum atomic E-state index is -0.117. The zero-order chi connectivity index (χ0) is 16.6.